The van der Waals surface area contributed by atoms with Gasteiger partial charge in [0.25, 0.3) is 11.8 Å². The number of benzene rings is 1. The Kier molecular flexibility index (Phi) is 7.92. The first-order valence-corrected chi connectivity index (χ1v) is 7.98. The first kappa shape index (κ1) is 19.6. The maximum Gasteiger partial charge on any atom is 0.328 e. The van der Waals surface area contributed by atoms with Gasteiger partial charge in [0.1, 0.15) is 6.04 Å². The van der Waals surface area contributed by atoms with Crippen LogP contribution in [0.2, 0.25) is 0 Å². The first-order chi connectivity index (χ1) is 11.3. The van der Waals surface area contributed by atoms with E-state index in [2.05, 4.69) is 21.2 Å². The third-order valence-electron chi connectivity index (χ3n) is 3.13. The molecule has 128 valence electrons. The van der Waals surface area contributed by atoms with Crippen LogP contribution in [0.4, 0.5) is 0 Å². The molecule has 0 heterocycles. The van der Waals surface area contributed by atoms with Crippen molar-refractivity contribution >= 4 is 33.7 Å². The summed E-state index contributed by atoms with van der Waals surface area (Å²) in [5.41, 5.74) is 0.408. The van der Waals surface area contributed by atoms with Crippen molar-refractivity contribution in [3.63, 3.8) is 0 Å². The number of rotatable bonds is 7. The van der Waals surface area contributed by atoms with Crippen molar-refractivity contribution in [3.05, 3.63) is 34.3 Å². The number of nitriles is 1. The fourth-order valence-corrected chi connectivity index (χ4v) is 1.91. The lowest BCUT2D eigenvalue weighted by molar-refractivity contribution is -0.152. The average molecular weight is 396 g/mol. The molecule has 0 aliphatic rings. The van der Waals surface area contributed by atoms with Gasteiger partial charge in [0, 0.05) is 23.6 Å². The number of ether oxygens (including phenoxy) is 1. The number of nitrogens with one attached hydrogen (secondary N) is 1. The summed E-state index contributed by atoms with van der Waals surface area (Å²) < 4.78 is 5.73. The molecule has 7 nitrogen and oxygen atoms in total. The van der Waals surface area contributed by atoms with E-state index in [1.54, 1.807) is 24.3 Å². The van der Waals surface area contributed by atoms with Crippen LogP contribution in [0.1, 0.15) is 23.7 Å². The highest BCUT2D eigenvalue weighted by Gasteiger charge is 2.20. The summed E-state index contributed by atoms with van der Waals surface area (Å²) in [7, 11) is 1.52. The summed E-state index contributed by atoms with van der Waals surface area (Å²) in [6, 6.07) is 7.70. The molecule has 0 saturated heterocycles. The lowest BCUT2D eigenvalue weighted by atomic mass is 10.2. The molecule has 0 aliphatic carbocycles. The second kappa shape index (κ2) is 9.67. The fraction of sp³-hybridized carbons (Fsp3) is 0.375. The van der Waals surface area contributed by atoms with Crippen LogP contribution in [0.25, 0.3) is 0 Å². The minimum Gasteiger partial charge on any atom is -0.454 e. The smallest absolute Gasteiger partial charge is 0.328 e. The lowest BCUT2D eigenvalue weighted by Crippen LogP contribution is -2.41. The van der Waals surface area contributed by atoms with Crippen molar-refractivity contribution in [3.8, 4) is 6.07 Å². The predicted octanol–water partition coefficient (Wildman–Crippen LogP) is 1.48. The molecule has 0 saturated carbocycles. The van der Waals surface area contributed by atoms with E-state index < -0.39 is 30.4 Å². The van der Waals surface area contributed by atoms with Gasteiger partial charge in [-0.05, 0) is 31.2 Å². The number of hydrogen-bond donors (Lipinski definition) is 1. The molecule has 1 N–H and O–H groups in total. The summed E-state index contributed by atoms with van der Waals surface area (Å²) in [4.78, 5) is 36.8. The molecule has 1 aromatic carbocycles. The third kappa shape index (κ3) is 6.38. The number of carbonyl (C=O) groups is 3. The zero-order chi connectivity index (χ0) is 18.1. The molecule has 0 aromatic heterocycles. The number of carbonyl (C=O) groups excluding carboxylic acids is 3. The molecular formula is C16H18BrN3O4. The fourth-order valence-electron chi connectivity index (χ4n) is 1.65. The Balaban J connectivity index is 2.44. The van der Waals surface area contributed by atoms with E-state index in [-0.39, 0.29) is 13.0 Å². The van der Waals surface area contributed by atoms with Crippen molar-refractivity contribution in [1.82, 2.24) is 10.2 Å². The van der Waals surface area contributed by atoms with Gasteiger partial charge in [-0.25, -0.2) is 4.79 Å². The minimum absolute atomic E-state index is 0.204. The van der Waals surface area contributed by atoms with Crippen LogP contribution in [-0.2, 0) is 14.3 Å². The Labute approximate surface area is 148 Å². The number of halogens is 1. The molecule has 1 atom stereocenters. The quantitative estimate of drug-likeness (QED) is 0.704. The molecule has 2 amide bonds. The van der Waals surface area contributed by atoms with Crippen LogP contribution < -0.4 is 5.32 Å². The number of nitrogens with zero attached hydrogens (tertiary/aromatic N) is 2. The van der Waals surface area contributed by atoms with Gasteiger partial charge in [-0.1, -0.05) is 15.9 Å². The number of likely N-dealkylation sites (N-methyl/N-ethyl adjacent to an activating group) is 1. The Morgan fingerprint density at radius 1 is 1.33 bits per heavy atom. The van der Waals surface area contributed by atoms with Gasteiger partial charge < -0.3 is 15.0 Å². The van der Waals surface area contributed by atoms with Crippen LogP contribution in [-0.4, -0.2) is 48.9 Å². The Morgan fingerprint density at radius 3 is 2.54 bits per heavy atom. The SMILES string of the molecule is C[C@H](NC(=O)c1ccc(Br)cc1)C(=O)OCC(=O)N(C)CCC#N. The van der Waals surface area contributed by atoms with E-state index in [1.807, 2.05) is 6.07 Å². The minimum atomic E-state index is -0.890. The zero-order valence-corrected chi connectivity index (χ0v) is 15.0. The van der Waals surface area contributed by atoms with Crippen LogP contribution in [0.15, 0.2) is 28.7 Å². The topological polar surface area (TPSA) is 99.5 Å². The first-order valence-electron chi connectivity index (χ1n) is 7.19. The highest BCUT2D eigenvalue weighted by molar-refractivity contribution is 9.10. The second-order valence-corrected chi connectivity index (χ2v) is 5.95. The molecule has 0 fully saturated rings. The van der Waals surface area contributed by atoms with Gasteiger partial charge in [-0.2, -0.15) is 5.26 Å². The molecule has 24 heavy (non-hydrogen) atoms. The standard InChI is InChI=1S/C16H18BrN3O4/c1-11(19-15(22)12-4-6-13(17)7-5-12)16(23)24-10-14(21)20(2)9-3-8-18/h4-7,11H,3,9-10H2,1-2H3,(H,19,22)/t11-/m0/s1. The highest BCUT2D eigenvalue weighted by Crippen LogP contribution is 2.10. The Hall–Kier alpha value is -2.40. The summed E-state index contributed by atoms with van der Waals surface area (Å²) in [6.45, 7) is 1.31. The molecule has 0 bridgehead atoms. The van der Waals surface area contributed by atoms with Gasteiger partial charge >= 0.3 is 5.97 Å². The van der Waals surface area contributed by atoms with Gasteiger partial charge in [0.15, 0.2) is 6.61 Å². The lowest BCUT2D eigenvalue weighted by Gasteiger charge is -2.17. The maximum atomic E-state index is 12.0. The zero-order valence-electron chi connectivity index (χ0n) is 13.4. The normalized spacial score (nSPS) is 11.1. The van der Waals surface area contributed by atoms with Crippen LogP contribution in [0, 0.1) is 11.3 Å². The predicted molar refractivity (Wildman–Crippen MR) is 89.9 cm³/mol. The van der Waals surface area contributed by atoms with Crippen molar-refractivity contribution < 1.29 is 19.1 Å². The van der Waals surface area contributed by atoms with Crippen molar-refractivity contribution in [1.29, 1.82) is 5.26 Å². The monoisotopic (exact) mass is 395 g/mol. The van der Waals surface area contributed by atoms with Crippen LogP contribution in [0.5, 0.6) is 0 Å². The average Bonchev–Trinajstić information content (AvgIpc) is 2.57. The van der Waals surface area contributed by atoms with E-state index in [1.165, 1.54) is 18.9 Å². The number of hydrogen-bond acceptors (Lipinski definition) is 5. The molecule has 1 rings (SSSR count). The summed E-state index contributed by atoms with van der Waals surface area (Å²) in [5, 5.41) is 11.0. The van der Waals surface area contributed by atoms with E-state index in [0.717, 1.165) is 4.47 Å². The van der Waals surface area contributed by atoms with E-state index in [0.29, 0.717) is 5.56 Å². The van der Waals surface area contributed by atoms with Crippen molar-refractivity contribution in [2.45, 2.75) is 19.4 Å². The molecule has 0 unspecified atom stereocenters. The van der Waals surface area contributed by atoms with Crippen LogP contribution in [0.3, 0.4) is 0 Å². The summed E-state index contributed by atoms with van der Waals surface area (Å²) in [6.07, 6.45) is 0.204. The second-order valence-electron chi connectivity index (χ2n) is 5.03. The molecule has 1 aromatic rings. The van der Waals surface area contributed by atoms with Gasteiger partial charge in [-0.3, -0.25) is 9.59 Å². The Morgan fingerprint density at radius 2 is 1.96 bits per heavy atom. The molecule has 8 heteroatoms. The number of amides is 2. The van der Waals surface area contributed by atoms with Crippen molar-refractivity contribution in [2.24, 2.45) is 0 Å². The Bertz CT molecular complexity index is 640. The third-order valence-corrected chi connectivity index (χ3v) is 3.66. The molecule has 0 aliphatic heterocycles. The molecule has 0 spiro atoms. The molecule has 0 radical (unpaired) electrons. The van der Waals surface area contributed by atoms with Gasteiger partial charge in [0.2, 0.25) is 0 Å². The van der Waals surface area contributed by atoms with Crippen molar-refractivity contribution in [2.75, 3.05) is 20.2 Å². The highest BCUT2D eigenvalue weighted by atomic mass is 79.9. The summed E-state index contributed by atoms with van der Waals surface area (Å²) >= 11 is 3.27. The largest absolute Gasteiger partial charge is 0.454 e. The van der Waals surface area contributed by atoms with Crippen LogP contribution >= 0.6 is 15.9 Å². The van der Waals surface area contributed by atoms with E-state index in [9.17, 15) is 14.4 Å². The van der Waals surface area contributed by atoms with Gasteiger partial charge in [-0.15, -0.1) is 0 Å². The van der Waals surface area contributed by atoms with E-state index >= 15 is 0 Å². The van der Waals surface area contributed by atoms with Gasteiger partial charge in [0.05, 0.1) is 12.5 Å². The maximum absolute atomic E-state index is 12.0. The molecular weight excluding hydrogens is 378 g/mol. The number of esters is 1. The van der Waals surface area contributed by atoms with E-state index in [4.69, 9.17) is 10.00 Å². The summed E-state index contributed by atoms with van der Waals surface area (Å²) in [5.74, 6) is -1.53.